The van der Waals surface area contributed by atoms with E-state index in [0.717, 1.165) is 31.1 Å². The van der Waals surface area contributed by atoms with E-state index in [1.165, 1.54) is 12.4 Å². The number of nitrogens with zero attached hydrogens (tertiary/aromatic N) is 2. The smallest absolute Gasteiger partial charge is 0.278 e. The second-order valence-electron chi connectivity index (χ2n) is 7.54. The second-order valence-corrected chi connectivity index (χ2v) is 8.35. The molecule has 1 aliphatic carbocycles. The van der Waals surface area contributed by atoms with Crippen molar-refractivity contribution in [3.05, 3.63) is 69.8 Å². The van der Waals surface area contributed by atoms with E-state index in [2.05, 4.69) is 4.99 Å². The molecule has 2 heterocycles. The molecule has 6 nitrogen and oxygen atoms in total. The predicted octanol–water partition coefficient (Wildman–Crippen LogP) is 5.99. The monoisotopic (exact) mass is 456 g/mol. The van der Waals surface area contributed by atoms with Crippen molar-refractivity contribution in [3.63, 3.8) is 0 Å². The number of amides is 1. The molecule has 1 fully saturated rings. The topological polar surface area (TPSA) is 77.0 Å². The Morgan fingerprint density at radius 3 is 2.55 bits per heavy atom. The molecule has 2 aromatic heterocycles. The Labute approximate surface area is 187 Å². The van der Waals surface area contributed by atoms with Gasteiger partial charge in [0.2, 0.25) is 0 Å². The first-order valence-electron chi connectivity index (χ1n) is 9.98. The summed E-state index contributed by atoms with van der Waals surface area (Å²) in [4.78, 5) is 17.3. The third kappa shape index (κ3) is 3.66. The van der Waals surface area contributed by atoms with Crippen LogP contribution in [0.15, 0.2) is 58.2 Å². The van der Waals surface area contributed by atoms with Crippen molar-refractivity contribution in [1.82, 2.24) is 4.73 Å². The summed E-state index contributed by atoms with van der Waals surface area (Å²) in [6.07, 6.45) is 6.88. The van der Waals surface area contributed by atoms with E-state index in [4.69, 9.17) is 32.4 Å². The number of ether oxygens (including phenoxy) is 1. The van der Waals surface area contributed by atoms with Gasteiger partial charge in [0.05, 0.1) is 34.1 Å². The number of carbonyl (C=O) groups is 1. The summed E-state index contributed by atoms with van der Waals surface area (Å²) < 4.78 is 13.0. The first-order valence-corrected chi connectivity index (χ1v) is 10.7. The Morgan fingerprint density at radius 1 is 1.10 bits per heavy atom. The van der Waals surface area contributed by atoms with Crippen molar-refractivity contribution < 1.29 is 19.2 Å². The third-order valence-electron chi connectivity index (χ3n) is 5.47. The zero-order valence-corrected chi connectivity index (χ0v) is 17.9. The Hall–Kier alpha value is -2.96. The molecule has 1 N–H and O–H groups in total. The minimum absolute atomic E-state index is 0.0535. The van der Waals surface area contributed by atoms with Gasteiger partial charge in [0.1, 0.15) is 10.9 Å². The molecule has 0 saturated heterocycles. The van der Waals surface area contributed by atoms with Gasteiger partial charge in [-0.25, -0.2) is 4.99 Å². The highest BCUT2D eigenvalue weighted by Crippen LogP contribution is 2.38. The van der Waals surface area contributed by atoms with Crippen LogP contribution in [0.4, 0.5) is 0 Å². The average molecular weight is 457 g/mol. The number of benzene rings is 2. The van der Waals surface area contributed by atoms with Crippen molar-refractivity contribution in [3.8, 4) is 5.75 Å². The predicted molar refractivity (Wildman–Crippen MR) is 118 cm³/mol. The molecule has 0 spiro atoms. The Balaban J connectivity index is 1.69. The van der Waals surface area contributed by atoms with E-state index in [1.807, 2.05) is 24.3 Å². The van der Waals surface area contributed by atoms with Crippen LogP contribution in [0.5, 0.6) is 5.75 Å². The van der Waals surface area contributed by atoms with E-state index >= 15 is 0 Å². The van der Waals surface area contributed by atoms with Crippen LogP contribution in [-0.4, -0.2) is 21.9 Å². The van der Waals surface area contributed by atoms with Crippen LogP contribution in [0.2, 0.25) is 10.0 Å². The SMILES string of the molecule is O=C(N=c1c(Cl)cn(O)cc1Cl)c1ccc(OC2CCCC2)c2oc3ccccc3c12. The average Bonchev–Trinajstić information content (AvgIpc) is 3.38. The van der Waals surface area contributed by atoms with Crippen LogP contribution in [-0.2, 0) is 0 Å². The molecule has 0 aliphatic heterocycles. The van der Waals surface area contributed by atoms with E-state index in [1.54, 1.807) is 12.1 Å². The molecule has 31 heavy (non-hydrogen) atoms. The number of hydrogen-bond donors (Lipinski definition) is 1. The first kappa shape index (κ1) is 20.0. The minimum Gasteiger partial charge on any atom is -0.486 e. The Kier molecular flexibility index (Phi) is 5.12. The lowest BCUT2D eigenvalue weighted by Gasteiger charge is -2.13. The van der Waals surface area contributed by atoms with Crippen LogP contribution in [0.1, 0.15) is 36.0 Å². The molecule has 0 atom stereocenters. The Bertz CT molecular complexity index is 1360. The number of fused-ring (bicyclic) bond motifs is 3. The van der Waals surface area contributed by atoms with E-state index in [-0.39, 0.29) is 21.5 Å². The summed E-state index contributed by atoms with van der Waals surface area (Å²) in [7, 11) is 0. The van der Waals surface area contributed by atoms with Crippen molar-refractivity contribution in [2.45, 2.75) is 31.8 Å². The lowest BCUT2D eigenvalue weighted by molar-refractivity contribution is 0.0999. The van der Waals surface area contributed by atoms with Gasteiger partial charge in [-0.15, -0.1) is 0 Å². The number of halogens is 2. The number of furan rings is 1. The molecular weight excluding hydrogens is 439 g/mol. The normalized spacial score (nSPS) is 14.4. The summed E-state index contributed by atoms with van der Waals surface area (Å²) in [6, 6.07) is 11.0. The summed E-state index contributed by atoms with van der Waals surface area (Å²) in [6.45, 7) is 0. The third-order valence-corrected chi connectivity index (χ3v) is 6.03. The molecule has 0 radical (unpaired) electrons. The molecule has 0 unspecified atom stereocenters. The molecule has 158 valence electrons. The van der Waals surface area contributed by atoms with E-state index in [9.17, 15) is 10.0 Å². The molecule has 1 aliphatic rings. The summed E-state index contributed by atoms with van der Waals surface area (Å²) in [5.41, 5.74) is 1.53. The highest BCUT2D eigenvalue weighted by molar-refractivity contribution is 6.34. The molecule has 1 amide bonds. The van der Waals surface area contributed by atoms with Crippen molar-refractivity contribution in [2.75, 3.05) is 0 Å². The van der Waals surface area contributed by atoms with E-state index in [0.29, 0.717) is 32.6 Å². The fourth-order valence-electron chi connectivity index (χ4n) is 4.04. The van der Waals surface area contributed by atoms with Gasteiger partial charge in [-0.2, -0.15) is 4.73 Å². The number of rotatable bonds is 3. The highest BCUT2D eigenvalue weighted by Gasteiger charge is 2.23. The van der Waals surface area contributed by atoms with Gasteiger partial charge in [0.25, 0.3) is 5.91 Å². The molecule has 4 aromatic rings. The number of para-hydroxylation sites is 1. The zero-order valence-electron chi connectivity index (χ0n) is 16.3. The maximum atomic E-state index is 13.2. The quantitative estimate of drug-likeness (QED) is 0.383. The van der Waals surface area contributed by atoms with E-state index < -0.39 is 5.91 Å². The lowest BCUT2D eigenvalue weighted by atomic mass is 10.1. The van der Waals surface area contributed by atoms with Crippen LogP contribution >= 0.6 is 23.2 Å². The van der Waals surface area contributed by atoms with Gasteiger partial charge >= 0.3 is 0 Å². The van der Waals surface area contributed by atoms with Crippen LogP contribution in [0, 0.1) is 0 Å². The maximum absolute atomic E-state index is 13.2. The molecule has 8 heteroatoms. The van der Waals surface area contributed by atoms with Crippen molar-refractivity contribution >= 4 is 51.0 Å². The van der Waals surface area contributed by atoms with Gasteiger partial charge in [-0.1, -0.05) is 41.4 Å². The zero-order chi connectivity index (χ0) is 21.5. The number of pyridine rings is 1. The van der Waals surface area contributed by atoms with Gasteiger partial charge < -0.3 is 14.4 Å². The molecule has 2 aromatic carbocycles. The van der Waals surface area contributed by atoms with Crippen LogP contribution < -0.4 is 10.1 Å². The van der Waals surface area contributed by atoms with Crippen LogP contribution in [0.3, 0.4) is 0 Å². The fraction of sp³-hybridized carbons (Fsp3) is 0.217. The standard InChI is InChI=1S/C23H18Cl2N2O4/c24-16-11-27(29)12-17(25)21(16)26-23(28)15-9-10-19(30-13-5-1-2-6-13)22-20(15)14-7-3-4-8-18(14)31-22/h3-4,7-13,29H,1-2,5-6H2. The highest BCUT2D eigenvalue weighted by atomic mass is 35.5. The maximum Gasteiger partial charge on any atom is 0.278 e. The number of carbonyl (C=O) groups excluding carboxylic acids is 1. The van der Waals surface area contributed by atoms with Gasteiger partial charge in [0.15, 0.2) is 11.3 Å². The Morgan fingerprint density at radius 2 is 1.81 bits per heavy atom. The lowest BCUT2D eigenvalue weighted by Crippen LogP contribution is -2.13. The molecule has 1 saturated carbocycles. The second kappa shape index (κ2) is 7.94. The summed E-state index contributed by atoms with van der Waals surface area (Å²) >= 11 is 12.3. The number of hydrogen-bond acceptors (Lipinski definition) is 4. The van der Waals surface area contributed by atoms with Gasteiger partial charge in [-0.05, 0) is 43.9 Å². The molecule has 5 rings (SSSR count). The van der Waals surface area contributed by atoms with Crippen molar-refractivity contribution in [1.29, 1.82) is 0 Å². The minimum atomic E-state index is -0.525. The van der Waals surface area contributed by atoms with Crippen molar-refractivity contribution in [2.24, 2.45) is 4.99 Å². The summed E-state index contributed by atoms with van der Waals surface area (Å²) in [5.74, 6) is 0.0928. The molecular formula is C23H18Cl2N2O4. The largest absolute Gasteiger partial charge is 0.486 e. The first-order chi connectivity index (χ1) is 15.0. The van der Waals surface area contributed by atoms with Gasteiger partial charge in [-0.3, -0.25) is 4.79 Å². The van der Waals surface area contributed by atoms with Gasteiger partial charge in [0, 0.05) is 10.8 Å². The fourth-order valence-corrected chi connectivity index (χ4v) is 4.57. The number of aromatic nitrogens is 1. The molecule has 0 bridgehead atoms. The summed E-state index contributed by atoms with van der Waals surface area (Å²) in [5, 5.41) is 11.2. The van der Waals surface area contributed by atoms with Crippen LogP contribution in [0.25, 0.3) is 21.9 Å².